The minimum Gasteiger partial charge on any atom is -0.460 e. The summed E-state index contributed by atoms with van der Waals surface area (Å²) in [4.78, 5) is 12.2. The van der Waals surface area contributed by atoms with E-state index in [9.17, 15) is 18.0 Å². The van der Waals surface area contributed by atoms with Gasteiger partial charge in [0.1, 0.15) is 5.60 Å². The molecule has 1 aliphatic rings. The number of esters is 1. The van der Waals surface area contributed by atoms with Gasteiger partial charge in [-0.25, -0.2) is 0 Å². The summed E-state index contributed by atoms with van der Waals surface area (Å²) in [5.41, 5.74) is -0.614. The molecule has 0 N–H and O–H groups in total. The van der Waals surface area contributed by atoms with Crippen molar-refractivity contribution in [1.82, 2.24) is 4.90 Å². The molecule has 0 aromatic rings. The Kier molecular flexibility index (Phi) is 3.50. The highest BCUT2D eigenvalue weighted by Gasteiger charge is 2.38. The molecule has 92 valence electrons. The number of carbonyl (C=O) groups is 1. The summed E-state index contributed by atoms with van der Waals surface area (Å²) in [5.74, 6) is -2.56. The molecule has 0 aliphatic carbocycles. The van der Waals surface area contributed by atoms with Crippen LogP contribution in [0.25, 0.3) is 0 Å². The van der Waals surface area contributed by atoms with Gasteiger partial charge in [-0.15, -0.1) is 0 Å². The lowest BCUT2D eigenvalue weighted by Gasteiger charge is -2.38. The Morgan fingerprint density at radius 2 is 1.75 bits per heavy atom. The number of halogens is 3. The second kappa shape index (κ2) is 4.35. The van der Waals surface area contributed by atoms with E-state index in [1.807, 2.05) is 0 Å². The molecule has 0 aromatic carbocycles. The highest BCUT2D eigenvalue weighted by atomic mass is 19.3. The van der Waals surface area contributed by atoms with Crippen LogP contribution in [0.4, 0.5) is 13.2 Å². The monoisotopic (exact) mass is 237 g/mol. The van der Waals surface area contributed by atoms with E-state index in [0.717, 1.165) is 4.90 Å². The third kappa shape index (κ3) is 3.15. The molecule has 1 rings (SSSR count). The lowest BCUT2D eigenvalue weighted by molar-refractivity contribution is -0.165. The normalized spacial score (nSPS) is 16.8. The highest BCUT2D eigenvalue weighted by molar-refractivity contribution is 5.74. The summed E-state index contributed by atoms with van der Waals surface area (Å²) in [5, 5.41) is 0. The van der Waals surface area contributed by atoms with Gasteiger partial charge in [0.25, 0.3) is 5.95 Å². The highest BCUT2D eigenvalue weighted by Crippen LogP contribution is 2.26. The number of carbonyl (C=O) groups excluding carboxylic acids is 1. The number of nitrogens with zero attached hydrogens (tertiary/aromatic N) is 1. The van der Waals surface area contributed by atoms with Crippen LogP contribution >= 0.6 is 0 Å². The molecule has 0 radical (unpaired) electrons. The van der Waals surface area contributed by atoms with Crippen molar-refractivity contribution in [2.75, 3.05) is 13.1 Å². The smallest absolute Gasteiger partial charge is 0.322 e. The van der Waals surface area contributed by atoms with Crippen LogP contribution in [0.1, 0.15) is 20.8 Å². The van der Waals surface area contributed by atoms with Crippen LogP contribution in [0, 0.1) is 5.92 Å². The zero-order chi connectivity index (χ0) is 12.5. The van der Waals surface area contributed by atoms with E-state index in [2.05, 4.69) is 0 Å². The Bertz CT molecular complexity index is 313. The Morgan fingerprint density at radius 1 is 1.25 bits per heavy atom. The molecule has 0 saturated carbocycles. The van der Waals surface area contributed by atoms with Crippen LogP contribution in [-0.4, -0.2) is 29.6 Å². The van der Waals surface area contributed by atoms with Crippen LogP contribution < -0.4 is 0 Å². The molecule has 1 heterocycles. The first-order valence-electron chi connectivity index (χ1n) is 4.89. The summed E-state index contributed by atoms with van der Waals surface area (Å²) in [6.07, 6.45) is -2.36. The zero-order valence-corrected chi connectivity index (χ0v) is 9.39. The summed E-state index contributed by atoms with van der Waals surface area (Å²) >= 11 is 0. The minimum absolute atomic E-state index is 0.0575. The molecule has 1 fully saturated rings. The van der Waals surface area contributed by atoms with Gasteiger partial charge >= 0.3 is 12.0 Å². The Morgan fingerprint density at radius 3 is 2.12 bits per heavy atom. The molecule has 1 aliphatic heterocycles. The van der Waals surface area contributed by atoms with Crippen LogP contribution in [0.5, 0.6) is 0 Å². The molecule has 16 heavy (non-hydrogen) atoms. The van der Waals surface area contributed by atoms with Crippen molar-refractivity contribution in [2.45, 2.75) is 26.4 Å². The van der Waals surface area contributed by atoms with E-state index in [0.29, 0.717) is 0 Å². The van der Waals surface area contributed by atoms with Gasteiger partial charge in [0, 0.05) is 13.1 Å². The van der Waals surface area contributed by atoms with Crippen molar-refractivity contribution in [3.8, 4) is 0 Å². The van der Waals surface area contributed by atoms with Gasteiger partial charge in [0.2, 0.25) is 0 Å². The maximum atomic E-state index is 12.6. The molecule has 0 amide bonds. The molecule has 1 saturated heterocycles. The standard InChI is InChI=1S/C10H14F3NO2/c1-10(2,3)16-9(15)6-4-14(5-6)8(13)7(11)12/h6H,4-5H2,1-3H3. The van der Waals surface area contributed by atoms with Crippen molar-refractivity contribution in [3.05, 3.63) is 12.0 Å². The molecular formula is C10H14F3NO2. The third-order valence-corrected chi connectivity index (χ3v) is 2.06. The second-order valence-electron chi connectivity index (χ2n) is 4.69. The molecular weight excluding hydrogens is 223 g/mol. The summed E-state index contributed by atoms with van der Waals surface area (Å²) in [6.45, 7) is 5.02. The lowest BCUT2D eigenvalue weighted by atomic mass is 10.0. The second-order valence-corrected chi connectivity index (χ2v) is 4.69. The van der Waals surface area contributed by atoms with E-state index in [4.69, 9.17) is 4.74 Å². The molecule has 0 spiro atoms. The van der Waals surface area contributed by atoms with E-state index < -0.39 is 29.5 Å². The van der Waals surface area contributed by atoms with E-state index in [-0.39, 0.29) is 13.1 Å². The van der Waals surface area contributed by atoms with Crippen LogP contribution in [0.3, 0.4) is 0 Å². The van der Waals surface area contributed by atoms with Crippen molar-refractivity contribution in [2.24, 2.45) is 5.92 Å². The molecule has 0 aromatic heterocycles. The maximum absolute atomic E-state index is 12.6. The minimum atomic E-state index is -2.36. The fourth-order valence-electron chi connectivity index (χ4n) is 1.29. The van der Waals surface area contributed by atoms with Crippen molar-refractivity contribution in [3.63, 3.8) is 0 Å². The van der Waals surface area contributed by atoms with Crippen molar-refractivity contribution < 1.29 is 22.7 Å². The largest absolute Gasteiger partial charge is 0.460 e. The Hall–Kier alpha value is -1.20. The molecule has 0 bridgehead atoms. The summed E-state index contributed by atoms with van der Waals surface area (Å²) in [6, 6.07) is 0. The van der Waals surface area contributed by atoms with E-state index >= 15 is 0 Å². The van der Waals surface area contributed by atoms with Gasteiger partial charge < -0.3 is 9.64 Å². The first-order chi connectivity index (χ1) is 7.20. The van der Waals surface area contributed by atoms with E-state index in [1.165, 1.54) is 0 Å². The number of hydrogen-bond donors (Lipinski definition) is 0. The maximum Gasteiger partial charge on any atom is 0.322 e. The number of likely N-dealkylation sites (tertiary alicyclic amines) is 1. The number of rotatable bonds is 2. The van der Waals surface area contributed by atoms with Gasteiger partial charge in [-0.05, 0) is 20.8 Å². The Balaban J connectivity index is 2.42. The Labute approximate surface area is 91.9 Å². The van der Waals surface area contributed by atoms with Crippen LogP contribution in [0.2, 0.25) is 0 Å². The lowest BCUT2D eigenvalue weighted by Crippen LogP contribution is -2.50. The fourth-order valence-corrected chi connectivity index (χ4v) is 1.29. The predicted molar refractivity (Wildman–Crippen MR) is 51.3 cm³/mol. The third-order valence-electron chi connectivity index (χ3n) is 2.06. The first-order valence-corrected chi connectivity index (χ1v) is 4.89. The van der Waals surface area contributed by atoms with Crippen LogP contribution in [-0.2, 0) is 9.53 Å². The van der Waals surface area contributed by atoms with Gasteiger partial charge in [-0.2, -0.15) is 13.2 Å². The summed E-state index contributed by atoms with van der Waals surface area (Å²) in [7, 11) is 0. The quantitative estimate of drug-likeness (QED) is 0.545. The first kappa shape index (κ1) is 12.9. The predicted octanol–water partition coefficient (Wildman–Crippen LogP) is 2.29. The van der Waals surface area contributed by atoms with Crippen LogP contribution in [0.15, 0.2) is 12.0 Å². The number of hydrogen-bond acceptors (Lipinski definition) is 3. The van der Waals surface area contributed by atoms with Gasteiger partial charge in [0.05, 0.1) is 5.92 Å². The SMILES string of the molecule is CC(C)(C)OC(=O)C1CN(C(F)=C(F)F)C1. The topological polar surface area (TPSA) is 29.5 Å². The average molecular weight is 237 g/mol. The van der Waals surface area contributed by atoms with Crippen molar-refractivity contribution in [1.29, 1.82) is 0 Å². The molecule has 6 heteroatoms. The van der Waals surface area contributed by atoms with Gasteiger partial charge in [-0.3, -0.25) is 4.79 Å². The fraction of sp³-hybridized carbons (Fsp3) is 0.700. The molecule has 0 unspecified atom stereocenters. The molecule has 0 atom stereocenters. The number of ether oxygens (including phenoxy) is 1. The van der Waals surface area contributed by atoms with Gasteiger partial charge in [0.15, 0.2) is 0 Å². The summed E-state index contributed by atoms with van der Waals surface area (Å²) < 4.78 is 41.4. The molecule has 3 nitrogen and oxygen atoms in total. The van der Waals surface area contributed by atoms with E-state index in [1.54, 1.807) is 20.8 Å². The van der Waals surface area contributed by atoms with Crippen molar-refractivity contribution >= 4 is 5.97 Å². The average Bonchev–Trinajstić information content (AvgIpc) is 1.96. The van der Waals surface area contributed by atoms with Gasteiger partial charge in [-0.1, -0.05) is 0 Å². The zero-order valence-electron chi connectivity index (χ0n) is 9.39.